The summed E-state index contributed by atoms with van der Waals surface area (Å²) in [5.74, 6) is -0.697. The van der Waals surface area contributed by atoms with Crippen molar-refractivity contribution in [1.82, 2.24) is 0 Å². The van der Waals surface area contributed by atoms with E-state index in [9.17, 15) is 8.78 Å². The number of anilines is 2. The molecule has 0 saturated carbocycles. The average Bonchev–Trinajstić information content (AvgIpc) is 2.62. The van der Waals surface area contributed by atoms with E-state index in [-0.39, 0.29) is 10.6 Å². The van der Waals surface area contributed by atoms with Crippen molar-refractivity contribution in [2.24, 2.45) is 0 Å². The average molecular weight is 359 g/mol. The quantitative estimate of drug-likeness (QED) is 0.738. The molecule has 2 rings (SSSR count). The lowest BCUT2D eigenvalue weighted by atomic mass is 10.1. The summed E-state index contributed by atoms with van der Waals surface area (Å²) >= 11 is 1.06. The van der Waals surface area contributed by atoms with Gasteiger partial charge in [0.1, 0.15) is 29.0 Å². The highest BCUT2D eigenvalue weighted by atomic mass is 32.2. The molecule has 0 aromatic heterocycles. The summed E-state index contributed by atoms with van der Waals surface area (Å²) in [6.07, 6.45) is 0. The van der Waals surface area contributed by atoms with Gasteiger partial charge >= 0.3 is 0 Å². The number of rotatable bonds is 6. The Kier molecular flexibility index (Phi) is 6.21. The Labute approximate surface area is 149 Å². The van der Waals surface area contributed by atoms with Gasteiger partial charge in [0.15, 0.2) is 11.6 Å². The van der Waals surface area contributed by atoms with Gasteiger partial charge < -0.3 is 10.1 Å². The first-order valence-electron chi connectivity index (χ1n) is 7.55. The molecule has 0 bridgehead atoms. The molecule has 0 spiro atoms. The molecule has 0 aliphatic carbocycles. The van der Waals surface area contributed by atoms with Gasteiger partial charge in [-0.2, -0.15) is 10.5 Å². The summed E-state index contributed by atoms with van der Waals surface area (Å²) in [6, 6.07) is 9.85. The van der Waals surface area contributed by atoms with Crippen LogP contribution in [-0.4, -0.2) is 12.4 Å². The Balaban J connectivity index is 2.54. The fraction of sp³-hybridized carbons (Fsp3) is 0.222. The number of nitrogens with one attached hydrogen (secondary N) is 1. The minimum absolute atomic E-state index is 0.0237. The third-order valence-electron chi connectivity index (χ3n) is 3.28. The van der Waals surface area contributed by atoms with E-state index in [1.54, 1.807) is 43.3 Å². The fourth-order valence-corrected chi connectivity index (χ4v) is 3.02. The van der Waals surface area contributed by atoms with Crippen molar-refractivity contribution in [2.45, 2.75) is 18.7 Å². The molecule has 128 valence electrons. The molecule has 0 amide bonds. The van der Waals surface area contributed by atoms with E-state index >= 15 is 0 Å². The van der Waals surface area contributed by atoms with Gasteiger partial charge in [-0.3, -0.25) is 0 Å². The van der Waals surface area contributed by atoms with Crippen molar-refractivity contribution < 1.29 is 13.5 Å². The van der Waals surface area contributed by atoms with Crippen LogP contribution in [0.25, 0.3) is 0 Å². The second-order valence-electron chi connectivity index (χ2n) is 4.82. The van der Waals surface area contributed by atoms with E-state index in [4.69, 9.17) is 15.3 Å². The minimum atomic E-state index is -0.940. The molecule has 0 radical (unpaired) electrons. The number of benzene rings is 2. The Bertz CT molecular complexity index is 855. The molecule has 4 nitrogen and oxygen atoms in total. The second kappa shape index (κ2) is 8.36. The van der Waals surface area contributed by atoms with Crippen LogP contribution in [0.1, 0.15) is 25.0 Å². The number of hydrogen-bond acceptors (Lipinski definition) is 5. The van der Waals surface area contributed by atoms with Crippen LogP contribution in [0.3, 0.4) is 0 Å². The number of nitriles is 2. The summed E-state index contributed by atoms with van der Waals surface area (Å²) in [4.78, 5) is -0.0237. The lowest BCUT2D eigenvalue weighted by Gasteiger charge is -2.16. The van der Waals surface area contributed by atoms with E-state index in [1.807, 2.05) is 6.92 Å². The van der Waals surface area contributed by atoms with E-state index in [1.165, 1.54) is 0 Å². The van der Waals surface area contributed by atoms with Gasteiger partial charge in [0.05, 0.1) is 17.2 Å². The third-order valence-corrected chi connectivity index (χ3v) is 4.24. The lowest BCUT2D eigenvalue weighted by Crippen LogP contribution is -2.05. The van der Waals surface area contributed by atoms with Crippen molar-refractivity contribution in [2.75, 3.05) is 17.7 Å². The van der Waals surface area contributed by atoms with Crippen molar-refractivity contribution in [3.63, 3.8) is 0 Å². The Morgan fingerprint density at radius 2 is 1.64 bits per heavy atom. The predicted molar refractivity (Wildman–Crippen MR) is 93.1 cm³/mol. The molecule has 0 unspecified atom stereocenters. The van der Waals surface area contributed by atoms with Crippen molar-refractivity contribution in [3.05, 3.63) is 47.0 Å². The van der Waals surface area contributed by atoms with Gasteiger partial charge in [0, 0.05) is 5.69 Å². The molecule has 7 heteroatoms. The predicted octanol–water partition coefficient (Wildman–Crippen LogP) is 4.96. The molecule has 0 saturated heterocycles. The SMILES string of the molecule is CCOc1ccc(Nc2c(F)c(C#N)c(C#N)c(F)c2SCC)cc1. The monoisotopic (exact) mass is 359 g/mol. The summed E-state index contributed by atoms with van der Waals surface area (Å²) in [6.45, 7) is 4.16. The second-order valence-corrected chi connectivity index (χ2v) is 6.10. The maximum atomic E-state index is 14.7. The molecule has 0 atom stereocenters. The fourth-order valence-electron chi connectivity index (χ4n) is 2.21. The zero-order valence-corrected chi connectivity index (χ0v) is 14.5. The molecule has 0 heterocycles. The molecular weight excluding hydrogens is 344 g/mol. The Morgan fingerprint density at radius 1 is 1.04 bits per heavy atom. The van der Waals surface area contributed by atoms with Gasteiger partial charge in [-0.1, -0.05) is 6.92 Å². The zero-order chi connectivity index (χ0) is 18.4. The zero-order valence-electron chi connectivity index (χ0n) is 13.7. The van der Waals surface area contributed by atoms with Crippen LogP contribution in [-0.2, 0) is 0 Å². The van der Waals surface area contributed by atoms with Crippen LogP contribution >= 0.6 is 11.8 Å². The highest BCUT2D eigenvalue weighted by Gasteiger charge is 2.25. The van der Waals surface area contributed by atoms with Gasteiger partial charge in [-0.05, 0) is 36.9 Å². The maximum Gasteiger partial charge on any atom is 0.167 e. The Hall–Kier alpha value is -2.77. The van der Waals surface area contributed by atoms with Crippen molar-refractivity contribution >= 4 is 23.1 Å². The van der Waals surface area contributed by atoms with Crippen molar-refractivity contribution in [3.8, 4) is 17.9 Å². The van der Waals surface area contributed by atoms with E-state index in [2.05, 4.69) is 5.32 Å². The first kappa shape index (κ1) is 18.6. The van der Waals surface area contributed by atoms with Crippen LogP contribution in [0, 0.1) is 34.3 Å². The summed E-state index contributed by atoms with van der Waals surface area (Å²) in [5.41, 5.74) is -0.820. The number of hydrogen-bond donors (Lipinski definition) is 1. The smallest absolute Gasteiger partial charge is 0.167 e. The maximum absolute atomic E-state index is 14.7. The highest BCUT2D eigenvalue weighted by Crippen LogP contribution is 2.38. The van der Waals surface area contributed by atoms with Gasteiger partial charge in [0.25, 0.3) is 0 Å². The van der Waals surface area contributed by atoms with E-state index < -0.39 is 22.8 Å². The molecule has 25 heavy (non-hydrogen) atoms. The molecule has 0 fully saturated rings. The lowest BCUT2D eigenvalue weighted by molar-refractivity contribution is 0.340. The Morgan fingerprint density at radius 3 is 2.16 bits per heavy atom. The third kappa shape index (κ3) is 3.84. The normalized spacial score (nSPS) is 10.0. The minimum Gasteiger partial charge on any atom is -0.494 e. The first-order valence-corrected chi connectivity index (χ1v) is 8.53. The van der Waals surface area contributed by atoms with Crippen LogP contribution in [0.4, 0.5) is 20.2 Å². The molecular formula is C18H15F2N3OS. The molecule has 2 aromatic carbocycles. The molecule has 2 aromatic rings. The number of halogens is 2. The van der Waals surface area contributed by atoms with Gasteiger partial charge in [-0.15, -0.1) is 11.8 Å². The summed E-state index contributed by atoms with van der Waals surface area (Å²) in [5, 5.41) is 21.0. The number of ether oxygens (including phenoxy) is 1. The van der Waals surface area contributed by atoms with Crippen molar-refractivity contribution in [1.29, 1.82) is 10.5 Å². The van der Waals surface area contributed by atoms with Crippen LogP contribution in [0.5, 0.6) is 5.75 Å². The van der Waals surface area contributed by atoms with Crippen LogP contribution in [0.15, 0.2) is 29.2 Å². The van der Waals surface area contributed by atoms with Crippen LogP contribution < -0.4 is 10.1 Å². The molecule has 1 N–H and O–H groups in total. The first-order chi connectivity index (χ1) is 12.1. The largest absolute Gasteiger partial charge is 0.494 e. The molecule has 0 aliphatic rings. The standard InChI is InChI=1S/C18H15F2N3OS/c1-3-24-12-7-5-11(6-8-12)23-17-15(19)13(9-21)14(10-22)16(20)18(17)25-4-2/h5-8,23H,3-4H2,1-2H3. The van der Waals surface area contributed by atoms with E-state index in [0.717, 1.165) is 11.8 Å². The molecule has 0 aliphatic heterocycles. The summed E-state index contributed by atoms with van der Waals surface area (Å²) < 4.78 is 34.7. The van der Waals surface area contributed by atoms with E-state index in [0.29, 0.717) is 23.8 Å². The van der Waals surface area contributed by atoms with Crippen LogP contribution in [0.2, 0.25) is 0 Å². The highest BCUT2D eigenvalue weighted by molar-refractivity contribution is 7.99. The number of thioether (sulfide) groups is 1. The van der Waals surface area contributed by atoms with Gasteiger partial charge in [0.2, 0.25) is 0 Å². The summed E-state index contributed by atoms with van der Waals surface area (Å²) in [7, 11) is 0. The van der Waals surface area contributed by atoms with Gasteiger partial charge in [-0.25, -0.2) is 8.78 Å². The number of nitrogens with zero attached hydrogens (tertiary/aromatic N) is 2. The topological polar surface area (TPSA) is 68.8 Å².